The first-order valence-corrected chi connectivity index (χ1v) is 9.19. The minimum Gasteiger partial charge on any atom is -0.502 e. The fourth-order valence-corrected chi connectivity index (χ4v) is 3.33. The first-order chi connectivity index (χ1) is 12.5. The van der Waals surface area contributed by atoms with Gasteiger partial charge in [0.1, 0.15) is 0 Å². The van der Waals surface area contributed by atoms with Gasteiger partial charge in [0.2, 0.25) is 5.75 Å². The minimum atomic E-state index is -0.0104. The molecule has 0 fully saturated rings. The Kier molecular flexibility index (Phi) is 9.64. The van der Waals surface area contributed by atoms with Crippen molar-refractivity contribution in [3.63, 3.8) is 0 Å². The lowest BCUT2D eigenvalue weighted by Crippen LogP contribution is -2.36. The molecule has 0 aliphatic carbocycles. The molecule has 0 saturated carbocycles. The Morgan fingerprint density at radius 3 is 2.30 bits per heavy atom. The number of nitrogens with one attached hydrogen (secondary N) is 2. The molecule has 1 heterocycles. The van der Waals surface area contributed by atoms with E-state index < -0.39 is 0 Å². The van der Waals surface area contributed by atoms with Crippen LogP contribution in [0.3, 0.4) is 0 Å². The van der Waals surface area contributed by atoms with Crippen LogP contribution in [-0.4, -0.2) is 36.8 Å². The molecule has 0 unspecified atom stereocenters. The Morgan fingerprint density at radius 1 is 1.19 bits per heavy atom. The number of nitrogens with zero attached hydrogens (tertiary/aromatic N) is 2. The number of guanidine groups is 1. The van der Waals surface area contributed by atoms with Crippen LogP contribution < -0.4 is 20.1 Å². The van der Waals surface area contributed by atoms with Gasteiger partial charge in [-0.2, -0.15) is 0 Å². The maximum atomic E-state index is 10.00. The van der Waals surface area contributed by atoms with E-state index in [1.807, 2.05) is 20.8 Å². The van der Waals surface area contributed by atoms with Crippen LogP contribution in [0.15, 0.2) is 17.1 Å². The predicted molar refractivity (Wildman–Crippen MR) is 120 cm³/mol. The van der Waals surface area contributed by atoms with Crippen molar-refractivity contribution in [2.45, 2.75) is 33.9 Å². The second-order valence-electron chi connectivity index (χ2n) is 5.64. The molecule has 2 aromatic rings. The van der Waals surface area contributed by atoms with Gasteiger partial charge in [0.05, 0.1) is 38.0 Å². The highest BCUT2D eigenvalue weighted by Crippen LogP contribution is 2.37. The highest BCUT2D eigenvalue weighted by atomic mass is 127. The molecule has 0 atom stereocenters. The first kappa shape index (κ1) is 23.3. The fourth-order valence-electron chi connectivity index (χ4n) is 2.45. The monoisotopic (exact) mass is 506 g/mol. The van der Waals surface area contributed by atoms with E-state index in [2.05, 4.69) is 20.6 Å². The number of aromatic nitrogens is 1. The Labute approximate surface area is 181 Å². The molecule has 9 heteroatoms. The standard InChI is InChI=1S/C18H26N4O3S.HI/c1-6-19-18(21-10-16-11(2)22-12(3)26-16)20-9-13-7-14(24-4)17(23)15(8-13)25-5;/h7-8,23H,6,9-10H2,1-5H3,(H2,19,20,21);1H. The van der Waals surface area contributed by atoms with Crippen molar-refractivity contribution in [2.75, 3.05) is 20.8 Å². The summed E-state index contributed by atoms with van der Waals surface area (Å²) in [7, 11) is 3.01. The van der Waals surface area contributed by atoms with E-state index in [0.29, 0.717) is 30.5 Å². The lowest BCUT2D eigenvalue weighted by atomic mass is 10.2. The molecule has 2 rings (SSSR count). The molecule has 0 radical (unpaired) electrons. The van der Waals surface area contributed by atoms with Gasteiger partial charge in [0, 0.05) is 11.4 Å². The summed E-state index contributed by atoms with van der Waals surface area (Å²) in [6, 6.07) is 3.50. The van der Waals surface area contributed by atoms with Crippen LogP contribution in [0.1, 0.15) is 28.1 Å². The van der Waals surface area contributed by atoms with Crippen LogP contribution in [-0.2, 0) is 13.1 Å². The number of benzene rings is 1. The third kappa shape index (κ3) is 6.42. The zero-order chi connectivity index (χ0) is 19.1. The van der Waals surface area contributed by atoms with Crippen molar-refractivity contribution in [3.05, 3.63) is 33.3 Å². The minimum absolute atomic E-state index is 0. The number of thiazole rings is 1. The molecule has 0 bridgehead atoms. The Morgan fingerprint density at radius 2 is 1.81 bits per heavy atom. The lowest BCUT2D eigenvalue weighted by Gasteiger charge is -2.12. The zero-order valence-electron chi connectivity index (χ0n) is 16.3. The maximum absolute atomic E-state index is 10.00. The van der Waals surface area contributed by atoms with Crippen molar-refractivity contribution < 1.29 is 14.6 Å². The second-order valence-corrected chi connectivity index (χ2v) is 6.93. The molecule has 1 aromatic carbocycles. The van der Waals surface area contributed by atoms with Gasteiger partial charge >= 0.3 is 0 Å². The number of hydrogen-bond acceptors (Lipinski definition) is 6. The Balaban J connectivity index is 0.00000364. The smallest absolute Gasteiger partial charge is 0.200 e. The van der Waals surface area contributed by atoms with Crippen LogP contribution in [0, 0.1) is 13.8 Å². The van der Waals surface area contributed by atoms with Gasteiger partial charge in [0.15, 0.2) is 17.5 Å². The van der Waals surface area contributed by atoms with Crippen LogP contribution in [0.4, 0.5) is 0 Å². The molecule has 27 heavy (non-hydrogen) atoms. The average Bonchev–Trinajstić information content (AvgIpc) is 2.95. The van der Waals surface area contributed by atoms with Crippen molar-refractivity contribution in [1.29, 1.82) is 0 Å². The molecule has 0 aliphatic rings. The summed E-state index contributed by atoms with van der Waals surface area (Å²) in [6.07, 6.45) is 0. The van der Waals surface area contributed by atoms with Gasteiger partial charge in [-0.15, -0.1) is 35.3 Å². The SMILES string of the molecule is CCNC(=NCc1cc(OC)c(O)c(OC)c1)NCc1sc(C)nc1C.I. The molecular weight excluding hydrogens is 479 g/mol. The van der Waals surface area contributed by atoms with Gasteiger partial charge in [-0.05, 0) is 38.5 Å². The van der Waals surface area contributed by atoms with Gasteiger partial charge < -0.3 is 25.2 Å². The van der Waals surface area contributed by atoms with E-state index in [4.69, 9.17) is 9.47 Å². The topological polar surface area (TPSA) is 88.0 Å². The van der Waals surface area contributed by atoms with Crippen LogP contribution in [0.25, 0.3) is 0 Å². The summed E-state index contributed by atoms with van der Waals surface area (Å²) < 4.78 is 10.4. The van der Waals surface area contributed by atoms with E-state index in [0.717, 1.165) is 22.8 Å². The molecule has 150 valence electrons. The van der Waals surface area contributed by atoms with E-state index in [1.165, 1.54) is 19.1 Å². The quantitative estimate of drug-likeness (QED) is 0.303. The van der Waals surface area contributed by atoms with Crippen molar-refractivity contribution in [3.8, 4) is 17.2 Å². The van der Waals surface area contributed by atoms with Gasteiger partial charge in [-0.25, -0.2) is 9.98 Å². The number of halogens is 1. The summed E-state index contributed by atoms with van der Waals surface area (Å²) >= 11 is 1.68. The van der Waals surface area contributed by atoms with Crippen molar-refractivity contribution >= 4 is 41.3 Å². The van der Waals surface area contributed by atoms with Gasteiger partial charge in [-0.1, -0.05) is 0 Å². The van der Waals surface area contributed by atoms with Crippen molar-refractivity contribution in [2.24, 2.45) is 4.99 Å². The summed E-state index contributed by atoms with van der Waals surface area (Å²) in [5, 5.41) is 17.6. The molecule has 3 N–H and O–H groups in total. The van der Waals surface area contributed by atoms with Crippen LogP contribution in [0.5, 0.6) is 17.2 Å². The van der Waals surface area contributed by atoms with E-state index in [9.17, 15) is 5.11 Å². The largest absolute Gasteiger partial charge is 0.502 e. The summed E-state index contributed by atoms with van der Waals surface area (Å²) in [5.41, 5.74) is 1.92. The number of aromatic hydroxyl groups is 1. The van der Waals surface area contributed by atoms with E-state index in [1.54, 1.807) is 23.5 Å². The number of ether oxygens (including phenoxy) is 2. The lowest BCUT2D eigenvalue weighted by molar-refractivity contribution is 0.339. The zero-order valence-corrected chi connectivity index (χ0v) is 19.4. The maximum Gasteiger partial charge on any atom is 0.200 e. The molecule has 1 aromatic heterocycles. The van der Waals surface area contributed by atoms with Gasteiger partial charge in [-0.3, -0.25) is 0 Å². The fraction of sp³-hybridized carbons (Fsp3) is 0.444. The Bertz CT molecular complexity index is 755. The van der Waals surface area contributed by atoms with E-state index >= 15 is 0 Å². The van der Waals surface area contributed by atoms with Gasteiger partial charge in [0.25, 0.3) is 0 Å². The van der Waals surface area contributed by atoms with Crippen LogP contribution in [0.2, 0.25) is 0 Å². The number of methoxy groups -OCH3 is 2. The molecule has 0 spiro atoms. The average molecular weight is 506 g/mol. The summed E-state index contributed by atoms with van der Waals surface area (Å²) in [4.78, 5) is 10.2. The highest BCUT2D eigenvalue weighted by molar-refractivity contribution is 14.0. The number of aliphatic imine (C=N–C) groups is 1. The Hall–Kier alpha value is -1.75. The normalized spacial score (nSPS) is 10.9. The highest BCUT2D eigenvalue weighted by Gasteiger charge is 2.11. The second kappa shape index (κ2) is 11.2. The number of aryl methyl sites for hydroxylation is 2. The van der Waals surface area contributed by atoms with Crippen molar-refractivity contribution in [1.82, 2.24) is 15.6 Å². The molecule has 7 nitrogen and oxygen atoms in total. The number of rotatable bonds is 7. The molecule has 0 aliphatic heterocycles. The third-order valence-electron chi connectivity index (χ3n) is 3.72. The first-order valence-electron chi connectivity index (χ1n) is 8.37. The molecule has 0 amide bonds. The number of phenols is 1. The number of hydrogen-bond donors (Lipinski definition) is 3. The third-order valence-corrected chi connectivity index (χ3v) is 4.79. The summed E-state index contributed by atoms with van der Waals surface area (Å²) in [5.74, 6) is 1.43. The predicted octanol–water partition coefficient (Wildman–Crippen LogP) is 3.36. The molecular formula is C18H27IN4O3S. The number of phenolic OH excluding ortho intramolecular Hbond substituents is 1. The summed E-state index contributed by atoms with van der Waals surface area (Å²) in [6.45, 7) is 7.89. The van der Waals surface area contributed by atoms with E-state index in [-0.39, 0.29) is 29.7 Å². The van der Waals surface area contributed by atoms with Crippen LogP contribution >= 0.6 is 35.3 Å². The molecule has 0 saturated heterocycles.